The second-order valence-electron chi connectivity index (χ2n) is 7.60. The zero-order valence-electron chi connectivity index (χ0n) is 15.6. The Kier molecular flexibility index (Phi) is 5.39. The average Bonchev–Trinajstić information content (AvgIpc) is 2.97. The van der Waals surface area contributed by atoms with E-state index in [2.05, 4.69) is 4.98 Å². The van der Waals surface area contributed by atoms with Crippen LogP contribution in [0.1, 0.15) is 34.1 Å². The molecule has 1 aliphatic rings. The number of thiazole rings is 1. The number of rotatable bonds is 4. The topological polar surface area (TPSA) is 71.9 Å². The lowest BCUT2D eigenvalue weighted by Gasteiger charge is -2.48. The second kappa shape index (κ2) is 7.40. The third-order valence-electron chi connectivity index (χ3n) is 4.69. The van der Waals surface area contributed by atoms with Crippen LogP contribution in [0.4, 0.5) is 4.79 Å². The summed E-state index contributed by atoms with van der Waals surface area (Å²) in [4.78, 5) is 17.8. The van der Waals surface area contributed by atoms with E-state index in [9.17, 15) is 9.90 Å². The van der Waals surface area contributed by atoms with Crippen molar-refractivity contribution in [3.8, 4) is 5.19 Å². The quantitative estimate of drug-likeness (QED) is 0.861. The van der Waals surface area contributed by atoms with Crippen LogP contribution in [0, 0.1) is 5.41 Å². The average molecular weight is 378 g/mol. The Morgan fingerprint density at radius 3 is 2.73 bits per heavy atom. The molecular formula is C19H26N2O4S. The molecule has 1 aliphatic heterocycles. The molecule has 3 unspecified atom stereocenters. The van der Waals surface area contributed by atoms with E-state index in [4.69, 9.17) is 9.47 Å². The van der Waals surface area contributed by atoms with Crippen molar-refractivity contribution >= 4 is 27.6 Å². The first-order valence-corrected chi connectivity index (χ1v) is 9.76. The molecule has 1 N–H and O–H groups in total. The van der Waals surface area contributed by atoms with Crippen LogP contribution in [0.5, 0.6) is 5.19 Å². The van der Waals surface area contributed by atoms with Crippen molar-refractivity contribution in [3.05, 3.63) is 24.3 Å². The summed E-state index contributed by atoms with van der Waals surface area (Å²) in [5, 5.41) is 10.3. The first-order chi connectivity index (χ1) is 12.3. The van der Waals surface area contributed by atoms with Crippen molar-refractivity contribution in [2.24, 2.45) is 5.41 Å². The summed E-state index contributed by atoms with van der Waals surface area (Å²) >= 11 is 1.51. The van der Waals surface area contributed by atoms with Gasteiger partial charge in [0.25, 0.3) is 5.19 Å². The minimum Gasteiger partial charge on any atom is -0.465 e. The van der Waals surface area contributed by atoms with E-state index in [1.54, 1.807) is 0 Å². The SMILES string of the molecule is CCOC1C(Oc2nc3ccccc3s2)CCN(C(=O)O)C1C(C)(C)C. The van der Waals surface area contributed by atoms with Crippen molar-refractivity contribution in [1.29, 1.82) is 0 Å². The number of likely N-dealkylation sites (tertiary alicyclic amines) is 1. The highest BCUT2D eigenvalue weighted by Crippen LogP contribution is 2.37. The number of aromatic nitrogens is 1. The molecule has 1 aromatic heterocycles. The predicted octanol–water partition coefficient (Wildman–Crippen LogP) is 4.25. The van der Waals surface area contributed by atoms with Crippen molar-refractivity contribution < 1.29 is 19.4 Å². The van der Waals surface area contributed by atoms with Crippen LogP contribution in [0.2, 0.25) is 0 Å². The number of ether oxygens (including phenoxy) is 2. The van der Waals surface area contributed by atoms with Crippen molar-refractivity contribution in [2.75, 3.05) is 13.2 Å². The number of amides is 1. The number of carbonyl (C=O) groups is 1. The van der Waals surface area contributed by atoms with Crippen LogP contribution in [-0.4, -0.2) is 52.5 Å². The van der Waals surface area contributed by atoms with Gasteiger partial charge in [0.2, 0.25) is 0 Å². The van der Waals surface area contributed by atoms with Gasteiger partial charge in [-0.2, -0.15) is 0 Å². The molecule has 2 heterocycles. The summed E-state index contributed by atoms with van der Waals surface area (Å²) in [5.74, 6) is 0. The summed E-state index contributed by atoms with van der Waals surface area (Å²) in [7, 11) is 0. The number of carboxylic acid groups (broad SMARTS) is 1. The Bertz CT molecular complexity index is 737. The van der Waals surface area contributed by atoms with Gasteiger partial charge in [-0.3, -0.25) is 0 Å². The fourth-order valence-corrected chi connectivity index (χ4v) is 4.54. The minimum absolute atomic E-state index is 0.227. The third-order valence-corrected chi connectivity index (χ3v) is 5.61. The Labute approximate surface area is 157 Å². The number of hydrogen-bond acceptors (Lipinski definition) is 5. The van der Waals surface area contributed by atoms with Crippen molar-refractivity contribution in [1.82, 2.24) is 9.88 Å². The van der Waals surface area contributed by atoms with Crippen LogP contribution in [-0.2, 0) is 4.74 Å². The molecule has 0 saturated carbocycles. The second-order valence-corrected chi connectivity index (χ2v) is 8.59. The molecule has 1 fully saturated rings. The number of piperidine rings is 1. The van der Waals surface area contributed by atoms with Gasteiger partial charge in [-0.05, 0) is 24.5 Å². The number of para-hydroxylation sites is 1. The lowest BCUT2D eigenvalue weighted by Crippen LogP contribution is -2.63. The van der Waals surface area contributed by atoms with Crippen molar-refractivity contribution in [2.45, 2.75) is 52.4 Å². The van der Waals surface area contributed by atoms with Crippen LogP contribution in [0.3, 0.4) is 0 Å². The van der Waals surface area contributed by atoms with Gasteiger partial charge in [0, 0.05) is 19.6 Å². The minimum atomic E-state index is -0.909. The zero-order chi connectivity index (χ0) is 18.9. The molecule has 0 radical (unpaired) electrons. The van der Waals surface area contributed by atoms with E-state index in [-0.39, 0.29) is 23.7 Å². The smallest absolute Gasteiger partial charge is 0.407 e. The normalized spacial score (nSPS) is 24.0. The van der Waals surface area contributed by atoms with Gasteiger partial charge in [-0.1, -0.05) is 44.2 Å². The number of hydrogen-bond donors (Lipinski definition) is 1. The molecule has 142 valence electrons. The molecule has 3 rings (SSSR count). The Hall–Kier alpha value is -1.86. The molecule has 0 aliphatic carbocycles. The van der Waals surface area contributed by atoms with Gasteiger partial charge in [0.1, 0.15) is 12.2 Å². The van der Waals surface area contributed by atoms with E-state index in [1.807, 2.05) is 52.0 Å². The lowest BCUT2D eigenvalue weighted by molar-refractivity contribution is -0.118. The largest absolute Gasteiger partial charge is 0.465 e. The van der Waals surface area contributed by atoms with Gasteiger partial charge >= 0.3 is 6.09 Å². The van der Waals surface area contributed by atoms with E-state index in [0.29, 0.717) is 24.8 Å². The molecule has 1 amide bonds. The summed E-state index contributed by atoms with van der Waals surface area (Å²) in [5.41, 5.74) is 0.643. The predicted molar refractivity (Wildman–Crippen MR) is 102 cm³/mol. The Morgan fingerprint density at radius 2 is 2.12 bits per heavy atom. The molecular weight excluding hydrogens is 352 g/mol. The standard InChI is InChI=1S/C19H26N2O4S/c1-5-24-15-13(10-11-21(18(22)23)16(15)19(2,3)4)25-17-20-12-8-6-7-9-14(12)26-17/h6-9,13,15-16H,5,10-11H2,1-4H3,(H,22,23). The van der Waals surface area contributed by atoms with Crippen molar-refractivity contribution in [3.63, 3.8) is 0 Å². The molecule has 0 bridgehead atoms. The van der Waals surface area contributed by atoms with Gasteiger partial charge in [0.15, 0.2) is 0 Å². The van der Waals surface area contributed by atoms with Gasteiger partial charge in [-0.25, -0.2) is 9.78 Å². The summed E-state index contributed by atoms with van der Waals surface area (Å²) < 4.78 is 13.3. The molecule has 0 spiro atoms. The lowest BCUT2D eigenvalue weighted by atomic mass is 9.78. The van der Waals surface area contributed by atoms with E-state index in [1.165, 1.54) is 16.2 Å². The highest BCUT2D eigenvalue weighted by molar-refractivity contribution is 7.20. The fourth-order valence-electron chi connectivity index (χ4n) is 3.67. The summed E-state index contributed by atoms with van der Waals surface area (Å²) in [6.07, 6.45) is -0.889. The van der Waals surface area contributed by atoms with Crippen LogP contribution < -0.4 is 4.74 Å². The molecule has 6 nitrogen and oxygen atoms in total. The monoisotopic (exact) mass is 378 g/mol. The maximum Gasteiger partial charge on any atom is 0.407 e. The van der Waals surface area contributed by atoms with Gasteiger partial charge in [0.05, 0.1) is 16.3 Å². The summed E-state index contributed by atoms with van der Waals surface area (Å²) in [6.45, 7) is 8.98. The van der Waals surface area contributed by atoms with Crippen LogP contribution in [0.25, 0.3) is 10.2 Å². The fraction of sp³-hybridized carbons (Fsp3) is 0.579. The Balaban J connectivity index is 1.88. The third kappa shape index (κ3) is 3.78. The first kappa shape index (κ1) is 18.9. The molecule has 2 aromatic rings. The van der Waals surface area contributed by atoms with E-state index in [0.717, 1.165) is 10.2 Å². The van der Waals surface area contributed by atoms with Crippen LogP contribution in [0.15, 0.2) is 24.3 Å². The van der Waals surface area contributed by atoms with Gasteiger partial charge in [-0.15, -0.1) is 0 Å². The molecule has 1 aromatic carbocycles. The zero-order valence-corrected chi connectivity index (χ0v) is 16.5. The van der Waals surface area contributed by atoms with Gasteiger partial charge < -0.3 is 19.5 Å². The number of benzene rings is 1. The van der Waals surface area contributed by atoms with E-state index < -0.39 is 6.09 Å². The molecule has 1 saturated heterocycles. The highest BCUT2D eigenvalue weighted by atomic mass is 32.1. The maximum atomic E-state index is 11.8. The number of nitrogens with zero attached hydrogens (tertiary/aromatic N) is 2. The maximum absolute atomic E-state index is 11.8. The highest BCUT2D eigenvalue weighted by Gasteiger charge is 2.48. The Morgan fingerprint density at radius 1 is 1.38 bits per heavy atom. The first-order valence-electron chi connectivity index (χ1n) is 8.94. The molecule has 7 heteroatoms. The molecule has 26 heavy (non-hydrogen) atoms. The summed E-state index contributed by atoms with van der Waals surface area (Å²) in [6, 6.07) is 7.63. The van der Waals surface area contributed by atoms with E-state index >= 15 is 0 Å². The molecule has 3 atom stereocenters. The number of fused-ring (bicyclic) bond motifs is 1. The van der Waals surface area contributed by atoms with Crippen LogP contribution >= 0.6 is 11.3 Å².